The Morgan fingerprint density at radius 2 is 2.15 bits per heavy atom. The lowest BCUT2D eigenvalue weighted by Gasteiger charge is -2.15. The summed E-state index contributed by atoms with van der Waals surface area (Å²) in [6.45, 7) is 1.90. The van der Waals surface area contributed by atoms with Gasteiger partial charge in [-0.15, -0.1) is 11.8 Å². The van der Waals surface area contributed by atoms with Crippen LogP contribution in [0.2, 0.25) is 0 Å². The number of carboxylic acid groups (broad SMARTS) is 1. The number of carbonyl (C=O) groups excluding carboxylic acids is 2. The van der Waals surface area contributed by atoms with Gasteiger partial charge in [0.1, 0.15) is 11.3 Å². The molecule has 20 heavy (non-hydrogen) atoms. The van der Waals surface area contributed by atoms with Gasteiger partial charge in [0.25, 0.3) is 0 Å². The van der Waals surface area contributed by atoms with Gasteiger partial charge in [0, 0.05) is 6.42 Å². The first-order chi connectivity index (χ1) is 9.45. The molecule has 0 spiro atoms. The number of rotatable bonds is 4. The third-order valence-electron chi connectivity index (χ3n) is 2.94. The molecule has 2 rings (SSSR count). The van der Waals surface area contributed by atoms with Crippen molar-refractivity contribution >= 4 is 35.2 Å². The van der Waals surface area contributed by atoms with E-state index in [1.165, 1.54) is 23.9 Å². The van der Waals surface area contributed by atoms with Crippen molar-refractivity contribution in [3.8, 4) is 5.75 Å². The predicted octanol–water partition coefficient (Wildman–Crippen LogP) is 1.48. The molecule has 1 atom stereocenters. The van der Waals surface area contributed by atoms with Gasteiger partial charge < -0.3 is 10.2 Å². The Morgan fingerprint density at radius 3 is 2.75 bits per heavy atom. The van der Waals surface area contributed by atoms with E-state index < -0.39 is 17.0 Å². The maximum atomic E-state index is 12.1. The van der Waals surface area contributed by atoms with Gasteiger partial charge >= 0.3 is 5.97 Å². The monoisotopic (exact) mass is 295 g/mol. The Bertz CT molecular complexity index is 586. The Hall–Kier alpha value is -2.02. The average Bonchev–Trinajstić information content (AvgIpc) is 2.66. The van der Waals surface area contributed by atoms with Gasteiger partial charge in [0.2, 0.25) is 11.8 Å². The number of hydrogen-bond donors (Lipinski definition) is 2. The molecule has 1 aromatic rings. The second-order valence-corrected chi connectivity index (χ2v) is 5.70. The molecule has 0 aliphatic carbocycles. The highest BCUT2D eigenvalue weighted by atomic mass is 32.2. The molecule has 0 radical (unpaired) electrons. The van der Waals surface area contributed by atoms with Crippen LogP contribution in [-0.2, 0) is 9.59 Å². The zero-order valence-electron chi connectivity index (χ0n) is 10.7. The van der Waals surface area contributed by atoms with Gasteiger partial charge in [-0.25, -0.2) is 9.69 Å². The molecule has 1 aromatic carbocycles. The maximum absolute atomic E-state index is 12.1. The first-order valence-corrected chi connectivity index (χ1v) is 7.05. The summed E-state index contributed by atoms with van der Waals surface area (Å²) < 4.78 is 0. The number of amides is 2. The zero-order valence-corrected chi connectivity index (χ0v) is 11.5. The van der Waals surface area contributed by atoms with Crippen LogP contribution in [0.5, 0.6) is 5.75 Å². The molecule has 2 amide bonds. The molecule has 1 fully saturated rings. The van der Waals surface area contributed by atoms with E-state index in [1.54, 1.807) is 0 Å². The highest BCUT2D eigenvalue weighted by molar-refractivity contribution is 8.00. The standard InChI is InChI=1S/C13H13NO5S/c1-2-20-10-6-11(16)14(12(10)17)7-3-4-9(15)8(5-7)13(18)19/h3-5,10,15H,2,6H2,1H3,(H,18,19). The van der Waals surface area contributed by atoms with Gasteiger partial charge in [-0.2, -0.15) is 0 Å². The van der Waals surface area contributed by atoms with Crippen LogP contribution >= 0.6 is 11.8 Å². The molecule has 0 bridgehead atoms. The molecule has 6 nitrogen and oxygen atoms in total. The summed E-state index contributed by atoms with van der Waals surface area (Å²) >= 11 is 1.39. The van der Waals surface area contributed by atoms with Crippen LogP contribution in [0, 0.1) is 0 Å². The minimum atomic E-state index is -1.32. The van der Waals surface area contributed by atoms with Gasteiger partial charge in [-0.05, 0) is 24.0 Å². The second kappa shape index (κ2) is 5.54. The average molecular weight is 295 g/mol. The highest BCUT2D eigenvalue weighted by Gasteiger charge is 2.39. The number of aromatic hydroxyl groups is 1. The SMILES string of the molecule is CCSC1CC(=O)N(c2ccc(O)c(C(=O)O)c2)C1=O. The lowest BCUT2D eigenvalue weighted by Crippen LogP contribution is -2.31. The minimum Gasteiger partial charge on any atom is -0.507 e. The molecular weight excluding hydrogens is 282 g/mol. The van der Waals surface area contributed by atoms with Crippen molar-refractivity contribution in [3.05, 3.63) is 23.8 Å². The fraction of sp³-hybridized carbons (Fsp3) is 0.308. The largest absolute Gasteiger partial charge is 0.507 e. The van der Waals surface area contributed by atoms with Crippen molar-refractivity contribution in [2.75, 3.05) is 10.7 Å². The first-order valence-electron chi connectivity index (χ1n) is 6.00. The van der Waals surface area contributed by atoms with Crippen molar-refractivity contribution in [1.82, 2.24) is 0 Å². The molecule has 1 aliphatic heterocycles. The quantitative estimate of drug-likeness (QED) is 0.817. The molecule has 1 heterocycles. The number of phenols is 1. The van der Waals surface area contributed by atoms with E-state index in [0.717, 1.165) is 11.0 Å². The summed E-state index contributed by atoms with van der Waals surface area (Å²) in [6.07, 6.45) is 0.112. The second-order valence-electron chi connectivity index (χ2n) is 4.22. The van der Waals surface area contributed by atoms with Crippen LogP contribution in [0.15, 0.2) is 18.2 Å². The van der Waals surface area contributed by atoms with Crippen LogP contribution in [0.3, 0.4) is 0 Å². The van der Waals surface area contributed by atoms with E-state index >= 15 is 0 Å². The van der Waals surface area contributed by atoms with Gasteiger partial charge in [0.05, 0.1) is 10.9 Å². The number of imide groups is 1. The van der Waals surface area contributed by atoms with Gasteiger partial charge in [0.15, 0.2) is 0 Å². The molecule has 1 unspecified atom stereocenters. The van der Waals surface area contributed by atoms with Crippen molar-refractivity contribution in [3.63, 3.8) is 0 Å². The number of anilines is 1. The molecule has 2 N–H and O–H groups in total. The van der Waals surface area contributed by atoms with E-state index in [4.69, 9.17) is 5.11 Å². The van der Waals surface area contributed by atoms with Crippen LogP contribution in [0.1, 0.15) is 23.7 Å². The van der Waals surface area contributed by atoms with Crippen molar-refractivity contribution in [2.24, 2.45) is 0 Å². The summed E-state index contributed by atoms with van der Waals surface area (Å²) in [5.74, 6) is -1.71. The number of nitrogens with zero attached hydrogens (tertiary/aromatic N) is 1. The van der Waals surface area contributed by atoms with Crippen molar-refractivity contribution in [1.29, 1.82) is 0 Å². The number of carboxylic acids is 1. The lowest BCUT2D eigenvalue weighted by atomic mass is 10.1. The van der Waals surface area contributed by atoms with E-state index in [2.05, 4.69) is 0 Å². The third-order valence-corrected chi connectivity index (χ3v) is 4.05. The summed E-state index contributed by atoms with van der Waals surface area (Å²) in [7, 11) is 0. The first kappa shape index (κ1) is 14.4. The van der Waals surface area contributed by atoms with Crippen molar-refractivity contribution in [2.45, 2.75) is 18.6 Å². The third kappa shape index (κ3) is 2.49. The summed E-state index contributed by atoms with van der Waals surface area (Å²) in [6, 6.07) is 3.66. The smallest absolute Gasteiger partial charge is 0.339 e. The topological polar surface area (TPSA) is 94.9 Å². The van der Waals surface area contributed by atoms with Crippen molar-refractivity contribution < 1.29 is 24.6 Å². The number of aromatic carboxylic acids is 1. The van der Waals surface area contributed by atoms with E-state index in [0.29, 0.717) is 5.75 Å². The number of carbonyl (C=O) groups is 3. The van der Waals surface area contributed by atoms with Gasteiger partial charge in [-0.3, -0.25) is 9.59 Å². The van der Waals surface area contributed by atoms with E-state index in [9.17, 15) is 19.5 Å². The fourth-order valence-corrected chi connectivity index (χ4v) is 2.95. The fourth-order valence-electron chi connectivity index (χ4n) is 2.04. The Morgan fingerprint density at radius 1 is 1.45 bits per heavy atom. The number of hydrogen-bond acceptors (Lipinski definition) is 5. The van der Waals surface area contributed by atoms with Crippen LogP contribution < -0.4 is 4.90 Å². The highest BCUT2D eigenvalue weighted by Crippen LogP contribution is 2.31. The molecule has 106 valence electrons. The van der Waals surface area contributed by atoms with E-state index in [-0.39, 0.29) is 29.5 Å². The summed E-state index contributed by atoms with van der Waals surface area (Å²) in [5.41, 5.74) is -0.163. The maximum Gasteiger partial charge on any atom is 0.339 e. The van der Waals surface area contributed by atoms with Crippen LogP contribution in [0.25, 0.3) is 0 Å². The summed E-state index contributed by atoms with van der Waals surface area (Å²) in [5, 5.41) is 18.0. The zero-order chi connectivity index (χ0) is 14.9. The molecular formula is C13H13NO5S. The molecule has 0 aromatic heterocycles. The van der Waals surface area contributed by atoms with Crippen LogP contribution in [-0.4, -0.2) is 39.0 Å². The molecule has 0 saturated carbocycles. The van der Waals surface area contributed by atoms with E-state index in [1.807, 2.05) is 6.92 Å². The summed E-state index contributed by atoms with van der Waals surface area (Å²) in [4.78, 5) is 36.0. The predicted molar refractivity (Wildman–Crippen MR) is 74.1 cm³/mol. The van der Waals surface area contributed by atoms with Gasteiger partial charge in [-0.1, -0.05) is 6.92 Å². The number of benzene rings is 1. The molecule has 1 saturated heterocycles. The Balaban J connectivity index is 2.37. The Kier molecular flexibility index (Phi) is 3.99. The molecule has 7 heteroatoms. The normalized spacial score (nSPS) is 18.6. The van der Waals surface area contributed by atoms with Crippen LogP contribution in [0.4, 0.5) is 5.69 Å². The molecule has 1 aliphatic rings. The number of thioether (sulfide) groups is 1. The Labute approximate surface area is 119 Å². The lowest BCUT2D eigenvalue weighted by molar-refractivity contribution is -0.121. The minimum absolute atomic E-state index is 0.112.